The molecule has 1 saturated carbocycles. The van der Waals surface area contributed by atoms with Crippen LogP contribution in [0.5, 0.6) is 0 Å². The monoisotopic (exact) mass is 414 g/mol. The third-order valence-corrected chi connectivity index (χ3v) is 6.49. The van der Waals surface area contributed by atoms with E-state index >= 15 is 0 Å². The molecule has 0 bridgehead atoms. The molecule has 2 fully saturated rings. The summed E-state index contributed by atoms with van der Waals surface area (Å²) in [6, 6.07) is 7.87. The van der Waals surface area contributed by atoms with E-state index in [0.717, 1.165) is 57.2 Å². The summed E-state index contributed by atoms with van der Waals surface area (Å²) in [6.07, 6.45) is 7.25. The van der Waals surface area contributed by atoms with E-state index < -0.39 is 5.41 Å². The first-order chi connectivity index (χ1) is 12.6. The van der Waals surface area contributed by atoms with Gasteiger partial charge in [0.1, 0.15) is 0 Å². The highest BCUT2D eigenvalue weighted by Gasteiger charge is 2.42. The number of halogens is 2. The topological polar surface area (TPSA) is 50.4 Å². The van der Waals surface area contributed by atoms with Crippen molar-refractivity contribution in [1.82, 2.24) is 10.6 Å². The molecule has 1 aromatic rings. The first-order valence-corrected chi connectivity index (χ1v) is 10.2. The number of rotatable bonds is 6. The van der Waals surface area contributed by atoms with Gasteiger partial charge in [0.15, 0.2) is 0 Å². The Kier molecular flexibility index (Phi) is 8.41. The van der Waals surface area contributed by atoms with E-state index in [9.17, 15) is 4.79 Å². The molecule has 1 aromatic carbocycles. The fraction of sp³-hybridized carbons (Fsp3) is 0.667. The number of hydrogen-bond acceptors (Lipinski definition) is 3. The molecule has 1 heterocycles. The highest BCUT2D eigenvalue weighted by Crippen LogP contribution is 2.41. The maximum Gasteiger partial charge on any atom is 0.230 e. The Balaban J connectivity index is 0.00000261. The minimum Gasteiger partial charge on any atom is -0.384 e. The van der Waals surface area contributed by atoms with E-state index in [1.165, 1.54) is 6.42 Å². The highest BCUT2D eigenvalue weighted by atomic mass is 35.5. The van der Waals surface area contributed by atoms with Crippen molar-refractivity contribution in [3.63, 3.8) is 0 Å². The van der Waals surface area contributed by atoms with E-state index in [1.807, 2.05) is 18.2 Å². The van der Waals surface area contributed by atoms with Crippen molar-refractivity contribution in [3.05, 3.63) is 34.9 Å². The molecule has 1 aliphatic carbocycles. The van der Waals surface area contributed by atoms with E-state index in [-0.39, 0.29) is 23.7 Å². The first-order valence-electron chi connectivity index (χ1n) is 9.84. The van der Waals surface area contributed by atoms with Crippen LogP contribution in [0.3, 0.4) is 0 Å². The molecule has 1 aliphatic heterocycles. The zero-order chi connectivity index (χ0) is 18.5. The van der Waals surface area contributed by atoms with Gasteiger partial charge >= 0.3 is 0 Å². The van der Waals surface area contributed by atoms with E-state index in [2.05, 4.69) is 16.7 Å². The first kappa shape index (κ1) is 22.5. The number of piperidine rings is 1. The lowest BCUT2D eigenvalue weighted by atomic mass is 9.68. The number of methoxy groups -OCH3 is 1. The second kappa shape index (κ2) is 10.1. The normalized spacial score (nSPS) is 21.1. The minimum absolute atomic E-state index is 0. The summed E-state index contributed by atoms with van der Waals surface area (Å²) in [5.74, 6) is 0.161. The molecule has 2 N–H and O–H groups in total. The molecular weight excluding hydrogens is 383 g/mol. The predicted octanol–water partition coefficient (Wildman–Crippen LogP) is 4.10. The quantitative estimate of drug-likeness (QED) is 0.736. The summed E-state index contributed by atoms with van der Waals surface area (Å²) in [5, 5.41) is 7.43. The largest absolute Gasteiger partial charge is 0.384 e. The standard InChI is InChI=1S/C21H31ClN2O2.ClH/c1-26-16-20(10-12-23-13-11-20)15-24-19(25)21(8-3-2-4-9-21)17-6-5-7-18(22)14-17;/h5-7,14,23H,2-4,8-13,15-16H2,1H3,(H,24,25);1H. The molecule has 0 spiro atoms. The van der Waals surface area contributed by atoms with Crippen LogP contribution < -0.4 is 10.6 Å². The Hall–Kier alpha value is -0.810. The molecule has 3 rings (SSSR count). The number of carbonyl (C=O) groups excluding carboxylic acids is 1. The molecule has 6 heteroatoms. The van der Waals surface area contributed by atoms with Crippen LogP contribution in [0.1, 0.15) is 50.5 Å². The van der Waals surface area contributed by atoms with Crippen LogP contribution in [0.15, 0.2) is 24.3 Å². The Morgan fingerprint density at radius 1 is 1.19 bits per heavy atom. The summed E-state index contributed by atoms with van der Waals surface area (Å²) >= 11 is 6.24. The van der Waals surface area contributed by atoms with Gasteiger partial charge in [0.2, 0.25) is 5.91 Å². The third-order valence-electron chi connectivity index (χ3n) is 6.26. The number of carbonyl (C=O) groups is 1. The van der Waals surface area contributed by atoms with Crippen molar-refractivity contribution in [2.24, 2.45) is 5.41 Å². The summed E-state index contributed by atoms with van der Waals surface area (Å²) in [5.41, 5.74) is 0.665. The molecule has 0 atom stereocenters. The fourth-order valence-corrected chi connectivity index (χ4v) is 4.85. The Labute approximate surface area is 174 Å². The second-order valence-electron chi connectivity index (χ2n) is 8.02. The van der Waals surface area contributed by atoms with E-state index in [4.69, 9.17) is 16.3 Å². The van der Waals surface area contributed by atoms with Crippen molar-refractivity contribution in [2.45, 2.75) is 50.4 Å². The van der Waals surface area contributed by atoms with Gasteiger partial charge in [0, 0.05) is 24.1 Å². The molecule has 0 radical (unpaired) electrons. The lowest BCUT2D eigenvalue weighted by Gasteiger charge is -2.40. The van der Waals surface area contributed by atoms with Crippen LogP contribution in [0.4, 0.5) is 0 Å². The molecule has 152 valence electrons. The lowest BCUT2D eigenvalue weighted by Crippen LogP contribution is -2.52. The van der Waals surface area contributed by atoms with Crippen LogP contribution in [-0.4, -0.2) is 39.3 Å². The average molecular weight is 415 g/mol. The molecule has 2 aliphatic rings. The maximum absolute atomic E-state index is 13.4. The van der Waals surface area contributed by atoms with E-state index in [1.54, 1.807) is 7.11 Å². The molecule has 0 aromatic heterocycles. The van der Waals surface area contributed by atoms with Crippen molar-refractivity contribution in [2.75, 3.05) is 33.4 Å². The molecule has 0 unspecified atom stereocenters. The van der Waals surface area contributed by atoms with Gasteiger partial charge in [-0.2, -0.15) is 0 Å². The van der Waals surface area contributed by atoms with Gasteiger partial charge in [-0.3, -0.25) is 4.79 Å². The van der Waals surface area contributed by atoms with Crippen LogP contribution >= 0.6 is 24.0 Å². The predicted molar refractivity (Wildman–Crippen MR) is 113 cm³/mol. The minimum atomic E-state index is -0.440. The zero-order valence-corrected chi connectivity index (χ0v) is 17.8. The van der Waals surface area contributed by atoms with Crippen molar-refractivity contribution in [3.8, 4) is 0 Å². The van der Waals surface area contributed by atoms with Gasteiger partial charge in [0.25, 0.3) is 0 Å². The maximum atomic E-state index is 13.4. The summed E-state index contributed by atoms with van der Waals surface area (Å²) in [7, 11) is 1.75. The Bertz CT molecular complexity index is 606. The molecule has 1 amide bonds. The van der Waals surface area contributed by atoms with Crippen LogP contribution in [0.25, 0.3) is 0 Å². The van der Waals surface area contributed by atoms with Crippen molar-refractivity contribution >= 4 is 29.9 Å². The molecule has 27 heavy (non-hydrogen) atoms. The Morgan fingerprint density at radius 2 is 1.89 bits per heavy atom. The smallest absolute Gasteiger partial charge is 0.230 e. The number of nitrogens with one attached hydrogen (secondary N) is 2. The number of benzene rings is 1. The summed E-state index contributed by atoms with van der Waals surface area (Å²) < 4.78 is 5.49. The summed E-state index contributed by atoms with van der Waals surface area (Å²) in [4.78, 5) is 13.4. The number of ether oxygens (including phenoxy) is 1. The van der Waals surface area contributed by atoms with Crippen LogP contribution in [0, 0.1) is 5.41 Å². The van der Waals surface area contributed by atoms with Gasteiger partial charge in [-0.25, -0.2) is 0 Å². The van der Waals surface area contributed by atoms with Gasteiger partial charge in [-0.1, -0.05) is 43.0 Å². The van der Waals surface area contributed by atoms with E-state index in [0.29, 0.717) is 18.2 Å². The third kappa shape index (κ3) is 5.17. The molecule has 1 saturated heterocycles. The van der Waals surface area contributed by atoms with Gasteiger partial charge < -0.3 is 15.4 Å². The fourth-order valence-electron chi connectivity index (χ4n) is 4.66. The van der Waals surface area contributed by atoms with Gasteiger partial charge in [0.05, 0.1) is 12.0 Å². The van der Waals surface area contributed by atoms with Crippen LogP contribution in [0.2, 0.25) is 5.02 Å². The highest BCUT2D eigenvalue weighted by molar-refractivity contribution is 6.30. The van der Waals surface area contributed by atoms with Gasteiger partial charge in [-0.05, 0) is 56.5 Å². The lowest BCUT2D eigenvalue weighted by molar-refractivity contribution is -0.129. The average Bonchev–Trinajstić information content (AvgIpc) is 2.68. The Morgan fingerprint density at radius 3 is 2.52 bits per heavy atom. The van der Waals surface area contributed by atoms with Gasteiger partial charge in [-0.15, -0.1) is 12.4 Å². The van der Waals surface area contributed by atoms with Crippen LogP contribution in [-0.2, 0) is 14.9 Å². The van der Waals surface area contributed by atoms with Crippen molar-refractivity contribution in [1.29, 1.82) is 0 Å². The molecule has 4 nitrogen and oxygen atoms in total. The number of hydrogen-bond donors (Lipinski definition) is 2. The van der Waals surface area contributed by atoms with Crippen molar-refractivity contribution < 1.29 is 9.53 Å². The zero-order valence-electron chi connectivity index (χ0n) is 16.2. The summed E-state index contributed by atoms with van der Waals surface area (Å²) in [6.45, 7) is 3.35. The second-order valence-corrected chi connectivity index (χ2v) is 8.46. The SMILES string of the molecule is COCC1(CNC(=O)C2(c3cccc(Cl)c3)CCCCC2)CCNCC1.Cl. The molecular formula is C21H32Cl2N2O2. The number of amides is 1.